The summed E-state index contributed by atoms with van der Waals surface area (Å²) in [6, 6.07) is 1.95. The Balaban J connectivity index is 2.68. The van der Waals surface area contributed by atoms with E-state index in [1.807, 2.05) is 34.0 Å². The molecule has 0 saturated carbocycles. The number of ether oxygens (including phenoxy) is 1. The first kappa shape index (κ1) is 14.7. The van der Waals surface area contributed by atoms with Gasteiger partial charge in [0.1, 0.15) is 17.5 Å². The zero-order valence-corrected chi connectivity index (χ0v) is 12.0. The average Bonchev–Trinajstić information content (AvgIpc) is 2.37. The number of anilines is 2. The van der Waals surface area contributed by atoms with Crippen molar-refractivity contribution in [3.05, 3.63) is 11.9 Å². The Morgan fingerprint density at radius 2 is 2.11 bits per heavy atom. The van der Waals surface area contributed by atoms with Crippen LogP contribution in [0.25, 0.3) is 0 Å². The quantitative estimate of drug-likeness (QED) is 0.803. The summed E-state index contributed by atoms with van der Waals surface area (Å²) in [7, 11) is 3.89. The van der Waals surface area contributed by atoms with Gasteiger partial charge >= 0.3 is 0 Å². The summed E-state index contributed by atoms with van der Waals surface area (Å²) in [5.41, 5.74) is 0. The van der Waals surface area contributed by atoms with Crippen molar-refractivity contribution in [1.82, 2.24) is 9.97 Å². The Kier molecular flexibility index (Phi) is 5.85. The van der Waals surface area contributed by atoms with Gasteiger partial charge < -0.3 is 15.0 Å². The van der Waals surface area contributed by atoms with Crippen LogP contribution in [0.5, 0.6) is 0 Å². The molecular weight excluding hydrogens is 228 g/mol. The minimum absolute atomic E-state index is 0.267. The van der Waals surface area contributed by atoms with Gasteiger partial charge in [0.05, 0.1) is 12.7 Å². The molecule has 18 heavy (non-hydrogen) atoms. The maximum absolute atomic E-state index is 5.55. The number of aromatic nitrogens is 2. The molecule has 0 fully saturated rings. The smallest absolute Gasteiger partial charge is 0.134 e. The van der Waals surface area contributed by atoms with Crippen LogP contribution in [0.2, 0.25) is 0 Å². The van der Waals surface area contributed by atoms with Crippen LogP contribution in [0.15, 0.2) is 6.07 Å². The van der Waals surface area contributed by atoms with Gasteiger partial charge in [-0.3, -0.25) is 0 Å². The van der Waals surface area contributed by atoms with Gasteiger partial charge in [0, 0.05) is 33.1 Å². The van der Waals surface area contributed by atoms with E-state index in [-0.39, 0.29) is 6.10 Å². The molecule has 1 aromatic heterocycles. The van der Waals surface area contributed by atoms with Crippen LogP contribution >= 0.6 is 0 Å². The highest BCUT2D eigenvalue weighted by Crippen LogP contribution is 2.14. The van der Waals surface area contributed by atoms with Gasteiger partial charge in [-0.1, -0.05) is 6.92 Å². The number of nitrogens with one attached hydrogen (secondary N) is 1. The molecule has 5 heteroatoms. The third kappa shape index (κ3) is 4.49. The fraction of sp³-hybridized carbons (Fsp3) is 0.692. The van der Waals surface area contributed by atoms with Crippen molar-refractivity contribution in [2.24, 2.45) is 0 Å². The summed E-state index contributed by atoms with van der Waals surface area (Å²) in [6.07, 6.45) is 1.10. The highest BCUT2D eigenvalue weighted by molar-refractivity contribution is 5.48. The predicted octanol–water partition coefficient (Wildman–Crippen LogP) is 1.94. The van der Waals surface area contributed by atoms with E-state index in [0.29, 0.717) is 6.61 Å². The van der Waals surface area contributed by atoms with E-state index in [1.165, 1.54) is 0 Å². The van der Waals surface area contributed by atoms with Crippen LogP contribution in [-0.2, 0) is 11.2 Å². The second-order valence-corrected chi connectivity index (χ2v) is 4.47. The summed E-state index contributed by atoms with van der Waals surface area (Å²) in [4.78, 5) is 11.0. The average molecular weight is 252 g/mol. The summed E-state index contributed by atoms with van der Waals surface area (Å²) in [5.74, 6) is 2.64. The molecule has 0 aromatic carbocycles. The molecule has 1 N–H and O–H groups in total. The number of likely N-dealkylation sites (N-methyl/N-ethyl adjacent to an activating group) is 1. The predicted molar refractivity (Wildman–Crippen MR) is 75.3 cm³/mol. The standard InChI is InChI=1S/C13H24N4O/c1-6-11-15-12(14-4)9-13(16-11)17(5)7-8-18-10(2)3/h9-10H,6-8H2,1-5H3,(H,14,15,16). The third-order valence-electron chi connectivity index (χ3n) is 2.60. The molecule has 1 aromatic rings. The highest BCUT2D eigenvalue weighted by Gasteiger charge is 2.07. The van der Waals surface area contributed by atoms with Gasteiger partial charge in [0.2, 0.25) is 0 Å². The maximum atomic E-state index is 5.55. The monoisotopic (exact) mass is 252 g/mol. The molecule has 0 bridgehead atoms. The molecule has 0 unspecified atom stereocenters. The van der Waals surface area contributed by atoms with Crippen LogP contribution in [0.1, 0.15) is 26.6 Å². The van der Waals surface area contributed by atoms with Crippen molar-refractivity contribution >= 4 is 11.6 Å². The molecule has 0 spiro atoms. The first-order valence-corrected chi connectivity index (χ1v) is 6.45. The molecule has 0 saturated heterocycles. The number of hydrogen-bond donors (Lipinski definition) is 1. The lowest BCUT2D eigenvalue weighted by molar-refractivity contribution is 0.0845. The number of rotatable bonds is 7. The summed E-state index contributed by atoms with van der Waals surface area (Å²) < 4.78 is 5.55. The largest absolute Gasteiger partial charge is 0.377 e. The molecule has 0 amide bonds. The molecule has 0 radical (unpaired) electrons. The molecule has 102 valence electrons. The van der Waals surface area contributed by atoms with Crippen LogP contribution in [0.3, 0.4) is 0 Å². The molecule has 1 rings (SSSR count). The zero-order valence-electron chi connectivity index (χ0n) is 12.0. The minimum atomic E-state index is 0.267. The van der Waals surface area contributed by atoms with Gasteiger partial charge in [0.15, 0.2) is 0 Å². The lowest BCUT2D eigenvalue weighted by Gasteiger charge is -2.20. The lowest BCUT2D eigenvalue weighted by Crippen LogP contribution is -2.25. The van der Waals surface area contributed by atoms with Crippen molar-refractivity contribution in [1.29, 1.82) is 0 Å². The van der Waals surface area contributed by atoms with Gasteiger partial charge in [-0.15, -0.1) is 0 Å². The van der Waals surface area contributed by atoms with E-state index < -0.39 is 0 Å². The van der Waals surface area contributed by atoms with Crippen LogP contribution < -0.4 is 10.2 Å². The van der Waals surface area contributed by atoms with Gasteiger partial charge in [0.25, 0.3) is 0 Å². The topological polar surface area (TPSA) is 50.3 Å². The molecule has 0 atom stereocenters. The van der Waals surface area contributed by atoms with Gasteiger partial charge in [-0.25, -0.2) is 9.97 Å². The van der Waals surface area contributed by atoms with E-state index in [2.05, 4.69) is 27.1 Å². The van der Waals surface area contributed by atoms with Gasteiger partial charge in [-0.2, -0.15) is 0 Å². The second kappa shape index (κ2) is 7.16. The van der Waals surface area contributed by atoms with Crippen molar-refractivity contribution in [3.8, 4) is 0 Å². The first-order valence-electron chi connectivity index (χ1n) is 6.45. The number of aryl methyl sites for hydroxylation is 1. The van der Waals surface area contributed by atoms with Crippen molar-refractivity contribution in [2.45, 2.75) is 33.3 Å². The Bertz CT molecular complexity index is 346. The summed E-state index contributed by atoms with van der Waals surface area (Å²) >= 11 is 0. The van der Waals surface area contributed by atoms with Crippen molar-refractivity contribution < 1.29 is 4.74 Å². The Labute approximate surface area is 110 Å². The van der Waals surface area contributed by atoms with Gasteiger partial charge in [-0.05, 0) is 13.8 Å². The molecule has 1 heterocycles. The summed E-state index contributed by atoms with van der Waals surface area (Å²) in [6.45, 7) is 7.66. The fourth-order valence-corrected chi connectivity index (χ4v) is 1.50. The van der Waals surface area contributed by atoms with E-state index in [9.17, 15) is 0 Å². The Morgan fingerprint density at radius 3 is 2.67 bits per heavy atom. The Hall–Kier alpha value is -1.36. The SMILES string of the molecule is CCc1nc(NC)cc(N(C)CCOC(C)C)n1. The van der Waals surface area contributed by atoms with Crippen LogP contribution in [-0.4, -0.2) is 43.3 Å². The van der Waals surface area contributed by atoms with Crippen LogP contribution in [0, 0.1) is 0 Å². The van der Waals surface area contributed by atoms with E-state index in [0.717, 1.165) is 30.4 Å². The second-order valence-electron chi connectivity index (χ2n) is 4.47. The number of hydrogen-bond acceptors (Lipinski definition) is 5. The molecule has 5 nitrogen and oxygen atoms in total. The van der Waals surface area contributed by atoms with Crippen molar-refractivity contribution in [2.75, 3.05) is 37.5 Å². The molecule has 0 aliphatic carbocycles. The summed E-state index contributed by atoms with van der Waals surface area (Å²) in [5, 5.41) is 3.06. The van der Waals surface area contributed by atoms with E-state index in [4.69, 9.17) is 4.74 Å². The minimum Gasteiger partial charge on any atom is -0.377 e. The van der Waals surface area contributed by atoms with E-state index in [1.54, 1.807) is 0 Å². The zero-order chi connectivity index (χ0) is 13.5. The molecule has 0 aliphatic heterocycles. The van der Waals surface area contributed by atoms with Crippen LogP contribution in [0.4, 0.5) is 11.6 Å². The lowest BCUT2D eigenvalue weighted by atomic mass is 10.4. The number of nitrogens with zero attached hydrogens (tertiary/aromatic N) is 3. The highest BCUT2D eigenvalue weighted by atomic mass is 16.5. The Morgan fingerprint density at radius 1 is 1.39 bits per heavy atom. The first-order chi connectivity index (χ1) is 8.56. The van der Waals surface area contributed by atoms with E-state index >= 15 is 0 Å². The third-order valence-corrected chi connectivity index (χ3v) is 2.60. The molecule has 0 aliphatic rings. The maximum Gasteiger partial charge on any atom is 0.134 e. The molecular formula is C13H24N4O. The fourth-order valence-electron chi connectivity index (χ4n) is 1.50. The normalized spacial score (nSPS) is 10.8. The van der Waals surface area contributed by atoms with Crippen molar-refractivity contribution in [3.63, 3.8) is 0 Å².